The maximum atomic E-state index is 13.0. The van der Waals surface area contributed by atoms with Crippen LogP contribution in [0.25, 0.3) is 0 Å². The van der Waals surface area contributed by atoms with Gasteiger partial charge in [-0.3, -0.25) is 0 Å². The molecule has 2 aromatic carbocycles. The van der Waals surface area contributed by atoms with Gasteiger partial charge in [-0.05, 0) is 94.0 Å². The zero-order valence-electron chi connectivity index (χ0n) is 20.8. The van der Waals surface area contributed by atoms with Crippen molar-refractivity contribution >= 4 is 5.71 Å². The van der Waals surface area contributed by atoms with Crippen LogP contribution in [0.1, 0.15) is 49.3 Å². The fraction of sp³-hybridized carbons (Fsp3) is 0.444. The predicted molar refractivity (Wildman–Crippen MR) is 132 cm³/mol. The fourth-order valence-electron chi connectivity index (χ4n) is 3.45. The number of allylic oxidation sites excluding steroid dienone is 1. The molecule has 0 saturated heterocycles. The summed E-state index contributed by atoms with van der Waals surface area (Å²) < 4.78 is 56.4. The van der Waals surface area contributed by atoms with Crippen LogP contribution in [0.3, 0.4) is 0 Å². The zero-order chi connectivity index (χ0) is 25.7. The Labute approximate surface area is 205 Å². The highest BCUT2D eigenvalue weighted by atomic mass is 19.4. The van der Waals surface area contributed by atoms with E-state index in [1.807, 2.05) is 45.1 Å². The van der Waals surface area contributed by atoms with Crippen molar-refractivity contribution in [2.45, 2.75) is 52.6 Å². The summed E-state index contributed by atoms with van der Waals surface area (Å²) in [6.45, 7) is 7.67. The molecule has 0 aliphatic rings. The number of hydrogen-bond acceptors (Lipinski definition) is 5. The van der Waals surface area contributed by atoms with Gasteiger partial charge in [0.05, 0.1) is 13.2 Å². The third kappa shape index (κ3) is 9.54. The van der Waals surface area contributed by atoms with E-state index in [2.05, 4.69) is 9.99 Å². The Balaban J connectivity index is 1.67. The monoisotopic (exact) mass is 493 g/mol. The molecule has 0 fully saturated rings. The number of unbranched alkanes of at least 4 members (excludes halogenated alkanes) is 3. The molecule has 0 aliphatic carbocycles. The van der Waals surface area contributed by atoms with Crippen LogP contribution in [-0.2, 0) is 4.84 Å². The number of oxime groups is 1. The van der Waals surface area contributed by atoms with Crippen molar-refractivity contribution < 1.29 is 32.2 Å². The van der Waals surface area contributed by atoms with Gasteiger partial charge in [0.2, 0.25) is 0 Å². The smallest absolute Gasteiger partial charge is 0.437 e. The molecule has 0 atom stereocenters. The van der Waals surface area contributed by atoms with Crippen molar-refractivity contribution in [2.75, 3.05) is 26.9 Å². The van der Waals surface area contributed by atoms with E-state index >= 15 is 0 Å². The van der Waals surface area contributed by atoms with E-state index in [0.717, 1.165) is 55.4 Å². The van der Waals surface area contributed by atoms with Crippen LogP contribution in [0, 0.1) is 13.8 Å². The summed E-state index contributed by atoms with van der Waals surface area (Å²) >= 11 is 0. The highest BCUT2D eigenvalue weighted by Gasteiger charge is 2.37. The topological polar surface area (TPSA) is 49.3 Å². The Kier molecular flexibility index (Phi) is 11.5. The van der Waals surface area contributed by atoms with Gasteiger partial charge in [-0.1, -0.05) is 17.3 Å². The summed E-state index contributed by atoms with van der Waals surface area (Å²) in [6.07, 6.45) is 3.05. The molecule has 0 N–H and O–H groups in total. The molecule has 0 heterocycles. The molecule has 2 rings (SSSR count). The Morgan fingerprint density at radius 1 is 0.857 bits per heavy atom. The maximum absolute atomic E-state index is 13.0. The van der Waals surface area contributed by atoms with E-state index < -0.39 is 11.9 Å². The first-order valence-corrected chi connectivity index (χ1v) is 11.7. The quantitative estimate of drug-likeness (QED) is 0.121. The molecule has 0 aromatic heterocycles. The van der Waals surface area contributed by atoms with Gasteiger partial charge in [-0.2, -0.15) is 13.2 Å². The van der Waals surface area contributed by atoms with Gasteiger partial charge in [0.15, 0.2) is 5.71 Å². The summed E-state index contributed by atoms with van der Waals surface area (Å²) in [6, 6.07) is 9.63. The van der Waals surface area contributed by atoms with Crippen molar-refractivity contribution in [3.05, 3.63) is 65.2 Å². The van der Waals surface area contributed by atoms with Crippen LogP contribution in [0.5, 0.6) is 17.2 Å². The van der Waals surface area contributed by atoms with E-state index in [4.69, 9.17) is 14.2 Å². The van der Waals surface area contributed by atoms with Gasteiger partial charge in [-0.15, -0.1) is 0 Å². The molecule has 0 amide bonds. The Bertz CT molecular complexity index is 946. The van der Waals surface area contributed by atoms with Crippen molar-refractivity contribution in [3.8, 4) is 17.2 Å². The molecule has 0 bridgehead atoms. The minimum atomic E-state index is -4.59. The standard InChI is InChI=1S/C27H34F3NO4/c1-5-6-15-34-24-18-20(2)25(21(3)19-24)35-17-10-8-7-9-16-33-23-13-11-22(12-14-23)26(31-32-4)27(28,29)30/h5-6,11-14,18-19H,7-10,15-17H2,1-4H3/b6-5+,31-26-. The third-order valence-corrected chi connectivity index (χ3v) is 5.15. The molecule has 0 unspecified atom stereocenters. The van der Waals surface area contributed by atoms with Gasteiger partial charge in [0.25, 0.3) is 0 Å². The van der Waals surface area contributed by atoms with Gasteiger partial charge >= 0.3 is 6.18 Å². The van der Waals surface area contributed by atoms with E-state index in [1.54, 1.807) is 0 Å². The third-order valence-electron chi connectivity index (χ3n) is 5.15. The average Bonchev–Trinajstić information content (AvgIpc) is 2.80. The Hall–Kier alpha value is -3.16. The molecule has 0 radical (unpaired) electrons. The molecule has 0 saturated carbocycles. The van der Waals surface area contributed by atoms with E-state index in [9.17, 15) is 13.2 Å². The fourth-order valence-corrected chi connectivity index (χ4v) is 3.45. The number of hydrogen-bond donors (Lipinski definition) is 0. The van der Waals surface area contributed by atoms with Gasteiger partial charge < -0.3 is 19.0 Å². The summed E-state index contributed by atoms with van der Waals surface area (Å²) in [5.41, 5.74) is 0.951. The summed E-state index contributed by atoms with van der Waals surface area (Å²) in [4.78, 5) is 4.31. The van der Waals surface area contributed by atoms with E-state index in [-0.39, 0.29) is 5.56 Å². The normalized spacial score (nSPS) is 12.1. The average molecular weight is 494 g/mol. The minimum Gasteiger partial charge on any atom is -0.494 e. The molecule has 35 heavy (non-hydrogen) atoms. The van der Waals surface area contributed by atoms with Crippen LogP contribution >= 0.6 is 0 Å². The van der Waals surface area contributed by atoms with Crippen molar-refractivity contribution in [2.24, 2.45) is 5.16 Å². The Morgan fingerprint density at radius 3 is 2.00 bits per heavy atom. The number of alkyl halides is 3. The molecule has 5 nitrogen and oxygen atoms in total. The SMILES string of the molecule is C/C=C/COc1cc(C)c(OCCCCCCOc2ccc(/C(=N/OC)C(F)(F)F)cc2)c(C)c1. The number of aryl methyl sites for hydroxylation is 2. The van der Waals surface area contributed by atoms with Crippen LogP contribution < -0.4 is 14.2 Å². The molecular weight excluding hydrogens is 459 g/mol. The van der Waals surface area contributed by atoms with E-state index in [1.165, 1.54) is 24.3 Å². The number of halogens is 3. The van der Waals surface area contributed by atoms with Crippen LogP contribution in [-0.4, -0.2) is 38.8 Å². The number of ether oxygens (including phenoxy) is 3. The van der Waals surface area contributed by atoms with Crippen LogP contribution in [0.4, 0.5) is 13.2 Å². The molecular formula is C27H34F3NO4. The lowest BCUT2D eigenvalue weighted by molar-refractivity contribution is -0.0608. The first-order chi connectivity index (χ1) is 16.8. The first-order valence-electron chi connectivity index (χ1n) is 11.7. The Morgan fingerprint density at radius 2 is 1.46 bits per heavy atom. The van der Waals surface area contributed by atoms with Gasteiger partial charge in [0, 0.05) is 5.56 Å². The summed E-state index contributed by atoms with van der Waals surface area (Å²) in [5, 5.41) is 3.09. The van der Waals surface area contributed by atoms with Crippen LogP contribution in [0.2, 0.25) is 0 Å². The lowest BCUT2D eigenvalue weighted by Gasteiger charge is -2.14. The number of rotatable bonds is 14. The molecule has 8 heteroatoms. The summed E-state index contributed by atoms with van der Waals surface area (Å²) in [7, 11) is 1.08. The molecule has 0 spiro atoms. The van der Waals surface area contributed by atoms with Crippen molar-refractivity contribution in [3.63, 3.8) is 0 Å². The highest BCUT2D eigenvalue weighted by Crippen LogP contribution is 2.29. The van der Waals surface area contributed by atoms with Gasteiger partial charge in [0.1, 0.15) is 31.0 Å². The van der Waals surface area contributed by atoms with E-state index in [0.29, 0.717) is 25.6 Å². The van der Waals surface area contributed by atoms with Crippen LogP contribution in [0.15, 0.2) is 53.7 Å². The zero-order valence-corrected chi connectivity index (χ0v) is 20.8. The predicted octanol–water partition coefficient (Wildman–Crippen LogP) is 7.19. The number of nitrogens with zero attached hydrogens (tertiary/aromatic N) is 1. The highest BCUT2D eigenvalue weighted by molar-refractivity contribution is 6.04. The lowest BCUT2D eigenvalue weighted by Crippen LogP contribution is -2.24. The second-order valence-corrected chi connectivity index (χ2v) is 8.02. The van der Waals surface area contributed by atoms with Gasteiger partial charge in [-0.25, -0.2) is 0 Å². The largest absolute Gasteiger partial charge is 0.494 e. The lowest BCUT2D eigenvalue weighted by atomic mass is 10.1. The first kappa shape index (κ1) is 28.1. The second kappa shape index (κ2) is 14.3. The molecule has 192 valence electrons. The molecule has 0 aliphatic heterocycles. The minimum absolute atomic E-state index is 0.0759. The number of benzene rings is 2. The summed E-state index contributed by atoms with van der Waals surface area (Å²) in [5.74, 6) is 2.25. The maximum Gasteiger partial charge on any atom is 0.437 e. The van der Waals surface area contributed by atoms with Crippen molar-refractivity contribution in [1.82, 2.24) is 0 Å². The second-order valence-electron chi connectivity index (χ2n) is 8.02. The molecule has 2 aromatic rings. The van der Waals surface area contributed by atoms with Crippen molar-refractivity contribution in [1.29, 1.82) is 0 Å².